The number of carbonyl (C=O) groups excluding carboxylic acids is 4. The highest BCUT2D eigenvalue weighted by atomic mass is 35.5. The number of carboxylic acids is 1. The maximum Gasteiger partial charge on any atom is 0.306 e. The molecule has 5 atom stereocenters. The number of nitrogens with one attached hydrogen (secondary N) is 3. The Morgan fingerprint density at radius 1 is 1.22 bits per heavy atom. The number of carbonyl (C=O) groups is 5. The second-order valence-corrected chi connectivity index (χ2v) is 12.4. The molecular formula is C31H35Cl2N5O8. The number of nitrogens with two attached hydrogens (primary N) is 1. The van der Waals surface area contributed by atoms with Crippen molar-refractivity contribution < 1.29 is 38.6 Å². The van der Waals surface area contributed by atoms with Gasteiger partial charge < -0.3 is 35.8 Å². The van der Waals surface area contributed by atoms with Crippen molar-refractivity contribution in [3.63, 3.8) is 0 Å². The number of fused-ring (bicyclic) bond motifs is 1. The number of rotatable bonds is 17. The molecule has 0 aliphatic heterocycles. The molecule has 46 heavy (non-hydrogen) atoms. The molecule has 3 aromatic rings. The summed E-state index contributed by atoms with van der Waals surface area (Å²) < 4.78 is 5.55. The number of hydrogen-bond acceptors (Lipinski definition) is 10. The SMILES string of the molecule is C[C@@](CC(=O)O)(NC(=O)[C@H](CCCN)NC(O)C1(CCC=O)CC1NC(=O)c1ccccc1)C(=O)c1nc2cc(Cl)cc(Cl)c2o1. The fourth-order valence-electron chi connectivity index (χ4n) is 5.49. The molecule has 1 aliphatic carbocycles. The smallest absolute Gasteiger partial charge is 0.306 e. The maximum atomic E-state index is 13.7. The molecule has 1 saturated carbocycles. The molecule has 0 saturated heterocycles. The largest absolute Gasteiger partial charge is 0.481 e. The third-order valence-corrected chi connectivity index (χ3v) is 8.61. The van der Waals surface area contributed by atoms with Gasteiger partial charge in [0.05, 0.1) is 17.5 Å². The first-order chi connectivity index (χ1) is 21.8. The average molecular weight is 677 g/mol. The van der Waals surface area contributed by atoms with Crippen LogP contribution < -0.4 is 21.7 Å². The van der Waals surface area contributed by atoms with E-state index >= 15 is 0 Å². The van der Waals surface area contributed by atoms with E-state index in [2.05, 4.69) is 20.9 Å². The molecule has 0 spiro atoms. The van der Waals surface area contributed by atoms with Crippen molar-refractivity contribution in [3.8, 4) is 0 Å². The van der Waals surface area contributed by atoms with Crippen LogP contribution in [0.1, 0.15) is 66.5 Å². The standard InChI is InChI=1S/C31H35Cl2N5O8/c1-30(16-23(40)41,25(42)28-35-21-14-18(32)13-19(33)24(21)46-28)38-27(44)20(9-5-11-34)36-29(45)31(10-6-12-39)15-22(31)37-26(43)17-7-3-2-4-8-17/h2-4,7-8,12-14,20,22,29,36,45H,5-6,9-11,15-16,34H2,1H3,(H,37,43)(H,38,44)(H,40,41)/t20-,22?,29?,30-,31?/m0/s1. The first-order valence-corrected chi connectivity index (χ1v) is 15.4. The van der Waals surface area contributed by atoms with E-state index in [1.165, 1.54) is 19.1 Å². The summed E-state index contributed by atoms with van der Waals surface area (Å²) in [6, 6.07) is 9.66. The normalized spacial score (nSPS) is 19.9. The summed E-state index contributed by atoms with van der Waals surface area (Å²) in [7, 11) is 0. The van der Waals surface area contributed by atoms with Crippen molar-refractivity contribution in [1.29, 1.82) is 0 Å². The van der Waals surface area contributed by atoms with Crippen LogP contribution in [0.5, 0.6) is 0 Å². The molecule has 3 unspecified atom stereocenters. The first-order valence-electron chi connectivity index (χ1n) is 14.6. The Morgan fingerprint density at radius 3 is 2.59 bits per heavy atom. The number of Topliss-reactive ketones (excluding diaryl/α,β-unsaturated/α-hetero) is 1. The van der Waals surface area contributed by atoms with Crippen molar-refractivity contribution in [1.82, 2.24) is 20.9 Å². The van der Waals surface area contributed by atoms with E-state index in [1.54, 1.807) is 30.3 Å². The lowest BCUT2D eigenvalue weighted by atomic mass is 9.91. The van der Waals surface area contributed by atoms with Gasteiger partial charge in [-0.05, 0) is 63.4 Å². The zero-order valence-electron chi connectivity index (χ0n) is 24.9. The second kappa shape index (κ2) is 14.7. The monoisotopic (exact) mass is 675 g/mol. The number of carboxylic acid groups (broad SMARTS) is 1. The topological polar surface area (TPSA) is 214 Å². The molecular weight excluding hydrogens is 641 g/mol. The van der Waals surface area contributed by atoms with Gasteiger partial charge in [-0.25, -0.2) is 4.98 Å². The fraction of sp³-hybridized carbons (Fsp3) is 0.419. The Labute approximate surface area is 274 Å². The number of hydrogen-bond donors (Lipinski definition) is 6. The molecule has 1 fully saturated rings. The van der Waals surface area contributed by atoms with Crippen LogP contribution in [0.3, 0.4) is 0 Å². The van der Waals surface area contributed by atoms with Crippen molar-refractivity contribution in [2.24, 2.45) is 11.1 Å². The number of benzene rings is 2. The van der Waals surface area contributed by atoms with Gasteiger partial charge in [0.1, 0.15) is 23.6 Å². The average Bonchev–Trinajstić information content (AvgIpc) is 3.53. The fourth-order valence-corrected chi connectivity index (χ4v) is 6.02. The minimum atomic E-state index is -2.03. The summed E-state index contributed by atoms with van der Waals surface area (Å²) >= 11 is 12.2. The van der Waals surface area contributed by atoms with E-state index in [-0.39, 0.29) is 52.9 Å². The molecule has 15 heteroatoms. The number of aliphatic hydroxyl groups excluding tert-OH is 1. The Morgan fingerprint density at radius 2 is 1.93 bits per heavy atom. The van der Waals surface area contributed by atoms with Crippen molar-refractivity contribution in [2.45, 2.75) is 69.3 Å². The summed E-state index contributed by atoms with van der Waals surface area (Å²) in [5, 5.41) is 29.7. The van der Waals surface area contributed by atoms with Gasteiger partial charge in [-0.15, -0.1) is 0 Å². The number of halogens is 2. The number of nitrogens with zero attached hydrogens (tertiary/aromatic N) is 1. The summed E-state index contributed by atoms with van der Waals surface area (Å²) in [5.74, 6) is -3.95. The second-order valence-electron chi connectivity index (χ2n) is 11.6. The van der Waals surface area contributed by atoms with Crippen LogP contribution in [0.2, 0.25) is 10.0 Å². The van der Waals surface area contributed by atoms with Gasteiger partial charge in [0.25, 0.3) is 11.8 Å². The first kappa shape index (κ1) is 35.0. The summed E-state index contributed by atoms with van der Waals surface area (Å²) in [6.07, 6.45) is -0.396. The van der Waals surface area contributed by atoms with Gasteiger partial charge in [-0.1, -0.05) is 41.4 Å². The zero-order chi connectivity index (χ0) is 33.6. The van der Waals surface area contributed by atoms with E-state index in [1.807, 2.05) is 0 Å². The van der Waals surface area contributed by atoms with Crippen molar-refractivity contribution in [3.05, 3.63) is 64.0 Å². The lowest BCUT2D eigenvalue weighted by Crippen LogP contribution is -2.60. The molecule has 1 heterocycles. The molecule has 2 aromatic carbocycles. The van der Waals surface area contributed by atoms with Crippen molar-refractivity contribution in [2.75, 3.05) is 6.54 Å². The molecule has 1 aliphatic rings. The number of aldehydes is 1. The molecule has 2 amide bonds. The van der Waals surface area contributed by atoms with Crippen molar-refractivity contribution >= 4 is 64.2 Å². The minimum Gasteiger partial charge on any atom is -0.481 e. The van der Waals surface area contributed by atoms with Crippen LogP contribution in [0.15, 0.2) is 46.9 Å². The number of amides is 2. The Bertz CT molecular complexity index is 1620. The van der Waals surface area contributed by atoms with Gasteiger partial charge in [-0.3, -0.25) is 24.5 Å². The summed E-state index contributed by atoms with van der Waals surface area (Å²) in [5.41, 5.74) is 3.34. The minimum absolute atomic E-state index is 0.0583. The predicted molar refractivity (Wildman–Crippen MR) is 168 cm³/mol. The van der Waals surface area contributed by atoms with E-state index in [9.17, 15) is 34.2 Å². The van der Waals surface area contributed by atoms with E-state index in [4.69, 9.17) is 33.4 Å². The quantitative estimate of drug-likeness (QED) is 0.0695. The lowest BCUT2D eigenvalue weighted by Gasteiger charge is -2.32. The maximum absolute atomic E-state index is 13.7. The third-order valence-electron chi connectivity index (χ3n) is 8.11. The van der Waals surface area contributed by atoms with Crippen LogP contribution in [0.25, 0.3) is 11.1 Å². The van der Waals surface area contributed by atoms with E-state index in [0.717, 1.165) is 0 Å². The van der Waals surface area contributed by atoms with Crippen LogP contribution in [0.4, 0.5) is 0 Å². The van der Waals surface area contributed by atoms with Crippen LogP contribution in [-0.4, -0.2) is 75.4 Å². The number of ketones is 1. The highest BCUT2D eigenvalue weighted by Crippen LogP contribution is 2.52. The Kier molecular flexibility index (Phi) is 11.2. The van der Waals surface area contributed by atoms with Gasteiger partial charge in [-0.2, -0.15) is 0 Å². The number of oxazole rings is 1. The summed E-state index contributed by atoms with van der Waals surface area (Å²) in [4.78, 5) is 67.4. The molecule has 0 bridgehead atoms. The Hall–Kier alpha value is -3.88. The predicted octanol–water partition coefficient (Wildman–Crippen LogP) is 2.85. The number of aliphatic carboxylic acids is 1. The Balaban J connectivity index is 1.55. The van der Waals surface area contributed by atoms with Gasteiger partial charge >= 0.3 is 5.97 Å². The molecule has 7 N–H and O–H groups in total. The molecule has 0 radical (unpaired) electrons. The molecule has 13 nitrogen and oxygen atoms in total. The van der Waals surface area contributed by atoms with E-state index in [0.29, 0.717) is 24.7 Å². The lowest BCUT2D eigenvalue weighted by molar-refractivity contribution is -0.138. The molecule has 4 rings (SSSR count). The van der Waals surface area contributed by atoms with Crippen LogP contribution >= 0.6 is 23.2 Å². The highest BCUT2D eigenvalue weighted by Gasteiger charge is 2.59. The summed E-state index contributed by atoms with van der Waals surface area (Å²) in [6.45, 7) is 1.42. The van der Waals surface area contributed by atoms with Crippen LogP contribution in [-0.2, 0) is 14.4 Å². The van der Waals surface area contributed by atoms with Gasteiger partial charge in [0, 0.05) is 28.5 Å². The molecule has 246 valence electrons. The number of aromatic nitrogens is 1. The van der Waals surface area contributed by atoms with Crippen LogP contribution in [0, 0.1) is 5.41 Å². The van der Waals surface area contributed by atoms with Gasteiger partial charge in [0.2, 0.25) is 11.7 Å². The zero-order valence-corrected chi connectivity index (χ0v) is 26.4. The molecule has 1 aromatic heterocycles. The third kappa shape index (κ3) is 7.91. The highest BCUT2D eigenvalue weighted by molar-refractivity contribution is 6.38. The number of aliphatic hydroxyl groups is 1. The van der Waals surface area contributed by atoms with E-state index < -0.39 is 59.2 Å². The van der Waals surface area contributed by atoms with Gasteiger partial charge in [0.15, 0.2) is 5.58 Å².